The number of carboxylic acid groups (broad SMARTS) is 2. The summed E-state index contributed by atoms with van der Waals surface area (Å²) in [4.78, 5) is 25.9. The number of ether oxygens (including phenoxy) is 1. The van der Waals surface area contributed by atoms with Crippen LogP contribution in [-0.2, 0) is 19.4 Å². The Morgan fingerprint density at radius 3 is 1.98 bits per heavy atom. The summed E-state index contributed by atoms with van der Waals surface area (Å²) in [6, 6.07) is 16.2. The van der Waals surface area contributed by atoms with E-state index in [9.17, 15) is 8.42 Å². The molecule has 0 aliphatic carbocycles. The molecule has 9 nitrogen and oxygen atoms in total. The van der Waals surface area contributed by atoms with Crippen LogP contribution in [0.15, 0.2) is 64.4 Å². The van der Waals surface area contributed by atoms with Gasteiger partial charge in [-0.05, 0) is 74.7 Å². The van der Waals surface area contributed by atoms with Gasteiger partial charge in [0.25, 0.3) is 0 Å². The van der Waals surface area contributed by atoms with Gasteiger partial charge >= 0.3 is 11.9 Å². The maximum Gasteiger partial charge on any atom is 0.414 e. The lowest BCUT2D eigenvalue weighted by molar-refractivity contribution is -0.159. The van der Waals surface area contributed by atoms with E-state index in [0.717, 1.165) is 37.0 Å². The summed E-state index contributed by atoms with van der Waals surface area (Å²) in [6.07, 6.45) is 5.83. The Balaban J connectivity index is 0.000000883. The number of para-hydroxylation sites is 1. The molecule has 0 fully saturated rings. The highest BCUT2D eigenvalue weighted by molar-refractivity contribution is 7.91. The van der Waals surface area contributed by atoms with Gasteiger partial charge in [0.05, 0.1) is 27.6 Å². The summed E-state index contributed by atoms with van der Waals surface area (Å²) in [5.74, 6) is -2.97. The predicted octanol–water partition coefficient (Wildman–Crippen LogP) is 6.02. The fourth-order valence-corrected chi connectivity index (χ4v) is 5.75. The van der Waals surface area contributed by atoms with Crippen LogP contribution >= 0.6 is 0 Å². The van der Waals surface area contributed by atoms with Crippen molar-refractivity contribution in [1.29, 1.82) is 0 Å². The number of nitrogens with zero attached hydrogens (tertiary/aromatic N) is 2. The average molecular weight is 587 g/mol. The zero-order chi connectivity index (χ0) is 30.4. The molecule has 0 spiro atoms. The van der Waals surface area contributed by atoms with Crippen LogP contribution in [0.5, 0.6) is 5.75 Å². The number of aliphatic carboxylic acids is 2. The molecule has 224 valence electrons. The summed E-state index contributed by atoms with van der Waals surface area (Å²) < 4.78 is 33.0. The first kappa shape index (κ1) is 33.7. The summed E-state index contributed by atoms with van der Waals surface area (Å²) in [5.41, 5.74) is 1.40. The quantitative estimate of drug-likeness (QED) is 0.172. The highest BCUT2D eigenvalue weighted by atomic mass is 32.2. The van der Waals surface area contributed by atoms with E-state index in [0.29, 0.717) is 18.1 Å². The third-order valence-corrected chi connectivity index (χ3v) is 8.21. The molecule has 3 rings (SSSR count). The second-order valence-corrected chi connectivity index (χ2v) is 12.0. The fourth-order valence-electron chi connectivity index (χ4n) is 4.16. The Hall–Kier alpha value is -3.50. The van der Waals surface area contributed by atoms with Gasteiger partial charge in [-0.2, -0.15) is 0 Å². The molecule has 10 heteroatoms. The van der Waals surface area contributed by atoms with Crippen LogP contribution in [0, 0.1) is 0 Å². The Bertz CT molecular complexity index is 1350. The van der Waals surface area contributed by atoms with Gasteiger partial charge in [-0.1, -0.05) is 58.7 Å². The predicted molar refractivity (Wildman–Crippen MR) is 159 cm³/mol. The number of aromatic nitrogens is 1. The Morgan fingerprint density at radius 2 is 1.44 bits per heavy atom. The van der Waals surface area contributed by atoms with Gasteiger partial charge in [-0.15, -0.1) is 0 Å². The second kappa shape index (κ2) is 16.7. The zero-order valence-electron chi connectivity index (χ0n) is 24.4. The van der Waals surface area contributed by atoms with Crippen molar-refractivity contribution in [3.63, 3.8) is 0 Å². The van der Waals surface area contributed by atoms with Crippen molar-refractivity contribution in [2.45, 2.75) is 75.5 Å². The maximum absolute atomic E-state index is 13.5. The number of benzene rings is 2. The lowest BCUT2D eigenvalue weighted by atomic mass is 10.1. The minimum atomic E-state index is -3.70. The molecule has 0 saturated carbocycles. The Morgan fingerprint density at radius 1 is 0.878 bits per heavy atom. The van der Waals surface area contributed by atoms with Gasteiger partial charge in [-0.3, -0.25) is 4.98 Å². The van der Waals surface area contributed by atoms with E-state index in [2.05, 4.69) is 23.7 Å². The molecule has 0 atom stereocenters. The number of hydrogen-bond acceptors (Lipinski definition) is 7. The van der Waals surface area contributed by atoms with Crippen molar-refractivity contribution in [3.8, 4) is 5.75 Å². The first-order chi connectivity index (χ1) is 19.5. The topological polar surface area (TPSA) is 134 Å². The first-order valence-electron chi connectivity index (χ1n) is 14.1. The van der Waals surface area contributed by atoms with Crippen LogP contribution in [0.3, 0.4) is 0 Å². The highest BCUT2D eigenvalue weighted by Crippen LogP contribution is 2.31. The number of sulfone groups is 1. The SMILES string of the molecule is CCCCN(CCCC)CCCOc1ccc(S(=O)(=O)c2cc3ccccc3nc2C(C)C)cc1.O=C(O)C(=O)O. The van der Waals surface area contributed by atoms with E-state index in [1.165, 1.54) is 25.7 Å². The van der Waals surface area contributed by atoms with E-state index in [-0.39, 0.29) is 15.7 Å². The molecule has 2 N–H and O–H groups in total. The van der Waals surface area contributed by atoms with Crippen molar-refractivity contribution in [2.75, 3.05) is 26.2 Å². The minimum absolute atomic E-state index is 0.0128. The summed E-state index contributed by atoms with van der Waals surface area (Å²) >= 11 is 0. The van der Waals surface area contributed by atoms with Crippen LogP contribution in [-0.4, -0.2) is 66.7 Å². The largest absolute Gasteiger partial charge is 0.494 e. The number of carbonyl (C=O) groups is 2. The third kappa shape index (κ3) is 10.4. The molecule has 0 aliphatic rings. The van der Waals surface area contributed by atoms with Crippen LogP contribution < -0.4 is 4.74 Å². The molecule has 41 heavy (non-hydrogen) atoms. The highest BCUT2D eigenvalue weighted by Gasteiger charge is 2.24. The van der Waals surface area contributed by atoms with Crippen molar-refractivity contribution >= 4 is 32.7 Å². The summed E-state index contributed by atoms with van der Waals surface area (Å²) in [6.45, 7) is 12.3. The van der Waals surface area contributed by atoms with E-state index in [4.69, 9.17) is 24.5 Å². The summed E-state index contributed by atoms with van der Waals surface area (Å²) in [5, 5.41) is 15.6. The fraction of sp³-hybridized carbons (Fsp3) is 0.452. The minimum Gasteiger partial charge on any atom is -0.494 e. The lowest BCUT2D eigenvalue weighted by Gasteiger charge is -2.21. The van der Waals surface area contributed by atoms with Gasteiger partial charge < -0.3 is 19.8 Å². The number of carboxylic acids is 2. The molecule has 3 aromatic rings. The summed E-state index contributed by atoms with van der Waals surface area (Å²) in [7, 11) is -3.70. The molecule has 1 heterocycles. The van der Waals surface area contributed by atoms with Crippen molar-refractivity contribution < 1.29 is 33.0 Å². The van der Waals surface area contributed by atoms with Crippen molar-refractivity contribution in [3.05, 3.63) is 60.3 Å². The number of rotatable bonds is 14. The first-order valence-corrected chi connectivity index (χ1v) is 15.6. The number of hydrogen-bond donors (Lipinski definition) is 2. The molecular formula is C31H42N2O7S. The Kier molecular flexibility index (Phi) is 13.7. The average Bonchev–Trinajstić information content (AvgIpc) is 2.96. The van der Waals surface area contributed by atoms with Crippen LogP contribution in [0.4, 0.5) is 0 Å². The van der Waals surface area contributed by atoms with Crippen LogP contribution in [0.1, 0.15) is 71.4 Å². The van der Waals surface area contributed by atoms with E-state index in [1.807, 2.05) is 38.1 Å². The van der Waals surface area contributed by atoms with Crippen LogP contribution in [0.2, 0.25) is 0 Å². The molecule has 0 amide bonds. The number of fused-ring (bicyclic) bond motifs is 1. The van der Waals surface area contributed by atoms with Crippen LogP contribution in [0.25, 0.3) is 10.9 Å². The second-order valence-electron chi connectivity index (χ2n) is 10.1. The van der Waals surface area contributed by atoms with E-state index in [1.54, 1.807) is 30.3 Å². The molecule has 0 radical (unpaired) electrons. The normalized spacial score (nSPS) is 11.4. The molecule has 0 unspecified atom stereocenters. The van der Waals surface area contributed by atoms with Crippen molar-refractivity contribution in [2.24, 2.45) is 0 Å². The standard InChI is InChI=1S/C29H40N2O3S.C2H2O4/c1-5-7-18-31(19-8-6-2)20-11-21-34-25-14-16-26(17-15-25)35(32,33)28-22-24-12-9-10-13-27(24)30-29(28)23(3)4;3-1(4)2(5)6/h9-10,12-17,22-23H,5-8,11,18-21H2,1-4H3;(H,3,4)(H,5,6). The third-order valence-electron chi connectivity index (χ3n) is 6.41. The van der Waals surface area contributed by atoms with Crippen molar-refractivity contribution in [1.82, 2.24) is 9.88 Å². The molecule has 0 aliphatic heterocycles. The molecule has 0 bridgehead atoms. The van der Waals surface area contributed by atoms with Gasteiger partial charge in [0.15, 0.2) is 0 Å². The smallest absolute Gasteiger partial charge is 0.414 e. The number of pyridine rings is 1. The Labute approximate surface area is 243 Å². The van der Waals surface area contributed by atoms with Gasteiger partial charge in [-0.25, -0.2) is 18.0 Å². The molecular weight excluding hydrogens is 544 g/mol. The zero-order valence-corrected chi connectivity index (χ0v) is 25.2. The van der Waals surface area contributed by atoms with E-state index >= 15 is 0 Å². The monoisotopic (exact) mass is 586 g/mol. The maximum atomic E-state index is 13.5. The van der Waals surface area contributed by atoms with Gasteiger partial charge in [0, 0.05) is 11.9 Å². The van der Waals surface area contributed by atoms with Gasteiger partial charge in [0.2, 0.25) is 9.84 Å². The number of unbranched alkanes of at least 4 members (excludes halogenated alkanes) is 2. The van der Waals surface area contributed by atoms with E-state index < -0.39 is 21.8 Å². The van der Waals surface area contributed by atoms with Gasteiger partial charge in [0.1, 0.15) is 5.75 Å². The molecule has 1 aromatic heterocycles. The molecule has 2 aromatic carbocycles. The lowest BCUT2D eigenvalue weighted by Crippen LogP contribution is -2.28. The molecule has 0 saturated heterocycles.